The fraction of sp³-hybridized carbons (Fsp3) is 0.269. The van der Waals surface area contributed by atoms with E-state index in [2.05, 4.69) is 5.32 Å². The van der Waals surface area contributed by atoms with Crippen LogP contribution in [0.25, 0.3) is 0 Å². The predicted molar refractivity (Wildman–Crippen MR) is 133 cm³/mol. The van der Waals surface area contributed by atoms with Crippen LogP contribution in [0.3, 0.4) is 0 Å². The lowest BCUT2D eigenvalue weighted by Gasteiger charge is -2.20. The van der Waals surface area contributed by atoms with Gasteiger partial charge >= 0.3 is 0 Å². The molecule has 3 rings (SSSR count). The van der Waals surface area contributed by atoms with E-state index < -0.39 is 10.0 Å². The zero-order valence-electron chi connectivity index (χ0n) is 19.9. The SMILES string of the molecule is CCOc1ccc(NC(=O)c2ccc(OCC)c(CN(C)S(=O)(=O)c3ccc(C)cc3)c2)cc1. The quantitative estimate of drug-likeness (QED) is 0.446. The average Bonchev–Trinajstić information content (AvgIpc) is 2.82. The van der Waals surface area contributed by atoms with E-state index >= 15 is 0 Å². The van der Waals surface area contributed by atoms with E-state index in [4.69, 9.17) is 9.47 Å². The number of carbonyl (C=O) groups is 1. The molecule has 0 atom stereocenters. The number of benzene rings is 3. The monoisotopic (exact) mass is 482 g/mol. The zero-order chi connectivity index (χ0) is 24.7. The number of hydrogen-bond acceptors (Lipinski definition) is 5. The summed E-state index contributed by atoms with van der Waals surface area (Å²) in [6.45, 7) is 6.69. The number of hydrogen-bond donors (Lipinski definition) is 1. The summed E-state index contributed by atoms with van der Waals surface area (Å²) in [6, 6.07) is 18.8. The minimum absolute atomic E-state index is 0.0513. The summed E-state index contributed by atoms with van der Waals surface area (Å²) < 4.78 is 38.5. The summed E-state index contributed by atoms with van der Waals surface area (Å²) in [7, 11) is -2.20. The van der Waals surface area contributed by atoms with Crippen molar-refractivity contribution in [2.24, 2.45) is 0 Å². The summed E-state index contributed by atoms with van der Waals surface area (Å²) in [5.74, 6) is 0.949. The predicted octanol–water partition coefficient (Wildman–Crippen LogP) is 4.87. The Hall–Kier alpha value is -3.36. The van der Waals surface area contributed by atoms with E-state index in [1.807, 2.05) is 20.8 Å². The number of anilines is 1. The van der Waals surface area contributed by atoms with Gasteiger partial charge in [-0.05, 0) is 75.4 Å². The molecule has 0 aliphatic heterocycles. The first-order chi connectivity index (χ1) is 16.2. The van der Waals surface area contributed by atoms with E-state index in [1.54, 1.807) is 66.7 Å². The molecule has 0 unspecified atom stereocenters. The first kappa shape index (κ1) is 25.3. The largest absolute Gasteiger partial charge is 0.494 e. The van der Waals surface area contributed by atoms with Crippen molar-refractivity contribution in [3.63, 3.8) is 0 Å². The van der Waals surface area contributed by atoms with Crippen LogP contribution in [0.5, 0.6) is 11.5 Å². The standard InChI is InChI=1S/C26H30N2O5S/c1-5-32-23-12-10-22(11-13-23)27-26(29)20-9-16-25(33-6-2)21(17-20)18-28(4)34(30,31)24-14-7-19(3)8-15-24/h7-17H,5-6,18H2,1-4H3,(H,27,29). The highest BCUT2D eigenvalue weighted by atomic mass is 32.2. The van der Waals surface area contributed by atoms with Crippen LogP contribution in [-0.4, -0.2) is 38.9 Å². The van der Waals surface area contributed by atoms with Gasteiger partial charge in [0, 0.05) is 30.4 Å². The number of sulfonamides is 1. The minimum Gasteiger partial charge on any atom is -0.494 e. The van der Waals surface area contributed by atoms with Gasteiger partial charge in [0.2, 0.25) is 10.0 Å². The molecule has 1 amide bonds. The molecule has 1 N–H and O–H groups in total. The Labute approximate surface area is 201 Å². The lowest BCUT2D eigenvalue weighted by atomic mass is 10.1. The van der Waals surface area contributed by atoms with Crippen LogP contribution in [-0.2, 0) is 16.6 Å². The molecule has 0 aliphatic carbocycles. The first-order valence-corrected chi connectivity index (χ1v) is 12.5. The van der Waals surface area contributed by atoms with Gasteiger partial charge in [-0.3, -0.25) is 4.79 Å². The smallest absolute Gasteiger partial charge is 0.255 e. The Bertz CT molecular complexity index is 1220. The molecule has 3 aromatic rings. The van der Waals surface area contributed by atoms with Crippen molar-refractivity contribution in [3.05, 3.63) is 83.4 Å². The molecule has 0 spiro atoms. The Morgan fingerprint density at radius 3 is 2.18 bits per heavy atom. The third-order valence-electron chi connectivity index (χ3n) is 5.17. The highest BCUT2D eigenvalue weighted by Crippen LogP contribution is 2.25. The third-order valence-corrected chi connectivity index (χ3v) is 6.99. The lowest BCUT2D eigenvalue weighted by molar-refractivity contribution is 0.102. The van der Waals surface area contributed by atoms with Gasteiger partial charge in [0.25, 0.3) is 5.91 Å². The van der Waals surface area contributed by atoms with Crippen molar-refractivity contribution in [1.29, 1.82) is 0 Å². The number of ether oxygens (including phenoxy) is 2. The second kappa shape index (κ2) is 11.2. The maximum absolute atomic E-state index is 13.0. The van der Waals surface area contributed by atoms with Crippen molar-refractivity contribution in [2.75, 3.05) is 25.6 Å². The summed E-state index contributed by atoms with van der Waals surface area (Å²) in [4.78, 5) is 13.1. The van der Waals surface area contributed by atoms with E-state index in [0.29, 0.717) is 35.8 Å². The highest BCUT2D eigenvalue weighted by Gasteiger charge is 2.23. The molecule has 3 aromatic carbocycles. The molecule has 0 bridgehead atoms. The van der Waals surface area contributed by atoms with E-state index in [-0.39, 0.29) is 17.3 Å². The van der Waals surface area contributed by atoms with E-state index in [0.717, 1.165) is 11.3 Å². The van der Waals surface area contributed by atoms with Crippen LogP contribution in [0.1, 0.15) is 35.3 Å². The highest BCUT2D eigenvalue weighted by molar-refractivity contribution is 7.89. The summed E-state index contributed by atoms with van der Waals surface area (Å²) in [5, 5.41) is 2.85. The second-order valence-corrected chi connectivity index (χ2v) is 9.79. The average molecular weight is 483 g/mol. The molecule has 180 valence electrons. The maximum Gasteiger partial charge on any atom is 0.255 e. The normalized spacial score (nSPS) is 11.3. The summed E-state index contributed by atoms with van der Waals surface area (Å²) in [5.41, 5.74) is 2.60. The molecule has 34 heavy (non-hydrogen) atoms. The molecule has 0 heterocycles. The van der Waals surface area contributed by atoms with Crippen molar-refractivity contribution < 1.29 is 22.7 Å². The molecular weight excluding hydrogens is 452 g/mol. The molecule has 0 saturated heterocycles. The number of aryl methyl sites for hydroxylation is 1. The second-order valence-electron chi connectivity index (χ2n) is 7.74. The summed E-state index contributed by atoms with van der Waals surface area (Å²) in [6.07, 6.45) is 0. The van der Waals surface area contributed by atoms with Crippen molar-refractivity contribution in [2.45, 2.75) is 32.2 Å². The van der Waals surface area contributed by atoms with Crippen molar-refractivity contribution in [1.82, 2.24) is 4.31 Å². The Morgan fingerprint density at radius 1 is 0.912 bits per heavy atom. The lowest BCUT2D eigenvalue weighted by Crippen LogP contribution is -2.27. The first-order valence-electron chi connectivity index (χ1n) is 11.1. The van der Waals surface area contributed by atoms with Gasteiger partial charge in [-0.15, -0.1) is 0 Å². The number of rotatable bonds is 10. The molecule has 8 heteroatoms. The van der Waals surface area contributed by atoms with Crippen LogP contribution in [0.15, 0.2) is 71.6 Å². The number of nitrogens with zero attached hydrogens (tertiary/aromatic N) is 1. The maximum atomic E-state index is 13.0. The van der Waals surface area contributed by atoms with Crippen molar-refractivity contribution in [3.8, 4) is 11.5 Å². The Morgan fingerprint density at radius 2 is 1.56 bits per heavy atom. The molecular formula is C26H30N2O5S. The number of amides is 1. The van der Waals surface area contributed by atoms with Crippen LogP contribution in [0.4, 0.5) is 5.69 Å². The van der Waals surface area contributed by atoms with Gasteiger partial charge in [-0.25, -0.2) is 8.42 Å². The van der Waals surface area contributed by atoms with Gasteiger partial charge in [0.1, 0.15) is 11.5 Å². The van der Waals surface area contributed by atoms with Crippen molar-refractivity contribution >= 4 is 21.6 Å². The molecule has 0 radical (unpaired) electrons. The fourth-order valence-electron chi connectivity index (χ4n) is 3.36. The molecule has 0 aliphatic rings. The minimum atomic E-state index is -3.71. The van der Waals surface area contributed by atoms with Crippen LogP contribution < -0.4 is 14.8 Å². The number of carbonyl (C=O) groups excluding carboxylic acids is 1. The summed E-state index contributed by atoms with van der Waals surface area (Å²) >= 11 is 0. The van der Waals surface area contributed by atoms with E-state index in [9.17, 15) is 13.2 Å². The molecule has 7 nitrogen and oxygen atoms in total. The van der Waals surface area contributed by atoms with Gasteiger partial charge in [-0.2, -0.15) is 4.31 Å². The fourth-order valence-corrected chi connectivity index (χ4v) is 4.51. The van der Waals surface area contributed by atoms with Crippen LogP contribution in [0.2, 0.25) is 0 Å². The van der Waals surface area contributed by atoms with E-state index in [1.165, 1.54) is 11.4 Å². The van der Waals surface area contributed by atoms with Gasteiger partial charge in [0.05, 0.1) is 18.1 Å². The van der Waals surface area contributed by atoms with Gasteiger partial charge in [-0.1, -0.05) is 17.7 Å². The Balaban J connectivity index is 1.82. The Kier molecular flexibility index (Phi) is 8.31. The third kappa shape index (κ3) is 6.15. The molecule has 0 aromatic heterocycles. The topological polar surface area (TPSA) is 84.9 Å². The molecule has 0 saturated carbocycles. The van der Waals surface area contributed by atoms with Gasteiger partial charge < -0.3 is 14.8 Å². The molecule has 0 fully saturated rings. The van der Waals surface area contributed by atoms with Crippen LogP contribution >= 0.6 is 0 Å². The van der Waals surface area contributed by atoms with Gasteiger partial charge in [0.15, 0.2) is 0 Å². The number of nitrogens with one attached hydrogen (secondary N) is 1. The van der Waals surface area contributed by atoms with Crippen LogP contribution in [0, 0.1) is 6.92 Å². The zero-order valence-corrected chi connectivity index (χ0v) is 20.7.